The number of nitrogens with one attached hydrogen (secondary N) is 1. The van der Waals surface area contributed by atoms with Gasteiger partial charge in [0.05, 0.1) is 11.2 Å². The van der Waals surface area contributed by atoms with Crippen molar-refractivity contribution in [2.75, 3.05) is 44.6 Å². The van der Waals surface area contributed by atoms with E-state index in [1.165, 1.54) is 16.8 Å². The summed E-state index contributed by atoms with van der Waals surface area (Å²) in [4.78, 5) is 58.8. The molecule has 2 fully saturated rings. The molecule has 0 radical (unpaired) electrons. The fraction of sp³-hybridized carbons (Fsp3) is 0.458. The topological polar surface area (TPSA) is 186 Å². The highest BCUT2D eigenvalue weighted by Gasteiger charge is 2.32. The summed E-state index contributed by atoms with van der Waals surface area (Å²) in [5.41, 5.74) is 17.3. The Balaban J connectivity index is 0.00000400. The van der Waals surface area contributed by atoms with Gasteiger partial charge in [0.25, 0.3) is 0 Å². The van der Waals surface area contributed by atoms with Crippen LogP contribution in [-0.2, 0) is 9.59 Å². The van der Waals surface area contributed by atoms with Crippen LogP contribution in [-0.4, -0.2) is 92.9 Å². The minimum Gasteiger partial charge on any atom is -0.338 e. The van der Waals surface area contributed by atoms with Crippen molar-refractivity contribution in [3.8, 4) is 5.69 Å². The quantitative estimate of drug-likeness (QED) is 0.376. The van der Waals surface area contributed by atoms with Crippen molar-refractivity contribution in [2.24, 2.45) is 17.2 Å². The molecule has 1 unspecified atom stereocenters. The molecular formula is C24H34ClN9O4. The average Bonchev–Trinajstić information content (AvgIpc) is 2.85. The van der Waals surface area contributed by atoms with E-state index in [1.54, 1.807) is 52.8 Å². The second-order valence-corrected chi connectivity index (χ2v) is 9.97. The van der Waals surface area contributed by atoms with E-state index in [0.29, 0.717) is 50.5 Å². The van der Waals surface area contributed by atoms with E-state index in [1.807, 2.05) is 0 Å². The summed E-state index contributed by atoms with van der Waals surface area (Å²) < 4.78 is 1.32. The lowest BCUT2D eigenvalue weighted by Gasteiger charge is -2.38. The third kappa shape index (κ3) is 6.30. The summed E-state index contributed by atoms with van der Waals surface area (Å²) in [6.07, 6.45) is 1.51. The minimum absolute atomic E-state index is 0. The van der Waals surface area contributed by atoms with Gasteiger partial charge in [-0.15, -0.1) is 12.4 Å². The second kappa shape index (κ2) is 11.5. The Bertz CT molecular complexity index is 1230. The average molecular weight is 548 g/mol. The first-order valence-corrected chi connectivity index (χ1v) is 12.1. The van der Waals surface area contributed by atoms with E-state index in [0.717, 1.165) is 0 Å². The zero-order valence-electron chi connectivity index (χ0n) is 21.4. The number of nitrogens with two attached hydrogens (primary N) is 3. The van der Waals surface area contributed by atoms with Crippen LogP contribution < -0.4 is 28.2 Å². The van der Waals surface area contributed by atoms with Gasteiger partial charge >= 0.3 is 11.7 Å². The number of aromatic nitrogens is 2. The first-order valence-electron chi connectivity index (χ1n) is 12.1. The SMILES string of the molecule is CC(C)(N)C(=O)N1CCN(C(=O)Nc2ccn(-c3ccc(C(N)C(=O)N4CC(N)C4)cc3)c(=O)n2)CC1.Cl. The summed E-state index contributed by atoms with van der Waals surface area (Å²) in [5, 5.41) is 2.63. The Morgan fingerprint density at radius 3 is 2.11 bits per heavy atom. The number of halogens is 1. The molecule has 7 N–H and O–H groups in total. The molecule has 4 amide bonds. The third-order valence-electron chi connectivity index (χ3n) is 6.46. The standard InChI is InChI=1S/C24H33N9O4.ClH/c1-24(2,27)21(35)30-9-11-31(12-10-30)22(36)28-18-7-8-33(23(37)29-18)17-5-3-15(4-6-17)19(26)20(34)32-13-16(25)14-32;/h3-8,16,19H,9-14,25-27H2,1-2H3,(H,28,29,36,37);1H. The summed E-state index contributed by atoms with van der Waals surface area (Å²) in [7, 11) is 0. The summed E-state index contributed by atoms with van der Waals surface area (Å²) >= 11 is 0. The molecule has 0 spiro atoms. The number of likely N-dealkylation sites (tertiary alicyclic amines) is 1. The fourth-order valence-corrected chi connectivity index (χ4v) is 4.25. The molecule has 2 aliphatic rings. The van der Waals surface area contributed by atoms with E-state index >= 15 is 0 Å². The van der Waals surface area contributed by atoms with E-state index in [-0.39, 0.29) is 36.1 Å². The van der Waals surface area contributed by atoms with Crippen LogP contribution in [0.15, 0.2) is 41.3 Å². The van der Waals surface area contributed by atoms with Crippen molar-refractivity contribution >= 4 is 36.1 Å². The predicted octanol–water partition coefficient (Wildman–Crippen LogP) is -0.763. The first-order chi connectivity index (χ1) is 17.4. The summed E-state index contributed by atoms with van der Waals surface area (Å²) in [5.74, 6) is -0.241. The van der Waals surface area contributed by atoms with E-state index in [2.05, 4.69) is 10.3 Å². The summed E-state index contributed by atoms with van der Waals surface area (Å²) in [6.45, 7) is 5.72. The number of nitrogens with zero attached hydrogens (tertiary/aromatic N) is 5. The largest absolute Gasteiger partial charge is 0.354 e. The third-order valence-corrected chi connectivity index (χ3v) is 6.46. The van der Waals surface area contributed by atoms with E-state index in [4.69, 9.17) is 17.2 Å². The number of hydrogen-bond donors (Lipinski definition) is 4. The summed E-state index contributed by atoms with van der Waals surface area (Å²) in [6, 6.07) is 7.03. The van der Waals surface area contributed by atoms with Crippen LogP contribution in [0, 0.1) is 0 Å². The van der Waals surface area contributed by atoms with Gasteiger partial charge in [-0.3, -0.25) is 19.5 Å². The van der Waals surface area contributed by atoms with E-state index in [9.17, 15) is 19.2 Å². The van der Waals surface area contributed by atoms with Crippen LogP contribution in [0.5, 0.6) is 0 Å². The molecule has 3 heterocycles. The molecule has 2 aliphatic heterocycles. The van der Waals surface area contributed by atoms with E-state index < -0.39 is 23.3 Å². The molecule has 1 aromatic carbocycles. The van der Waals surface area contributed by atoms with Gasteiger partial charge in [0.1, 0.15) is 11.9 Å². The molecule has 206 valence electrons. The van der Waals surface area contributed by atoms with Gasteiger partial charge < -0.3 is 31.9 Å². The number of amides is 4. The van der Waals surface area contributed by atoms with Crippen molar-refractivity contribution in [3.63, 3.8) is 0 Å². The minimum atomic E-state index is -0.967. The highest BCUT2D eigenvalue weighted by atomic mass is 35.5. The maximum absolute atomic E-state index is 12.6. The van der Waals surface area contributed by atoms with Crippen LogP contribution in [0.4, 0.5) is 10.6 Å². The monoisotopic (exact) mass is 547 g/mol. The van der Waals surface area contributed by atoms with Crippen LogP contribution in [0.3, 0.4) is 0 Å². The van der Waals surface area contributed by atoms with Crippen molar-refractivity contribution in [2.45, 2.75) is 31.5 Å². The van der Waals surface area contributed by atoms with Crippen LogP contribution in [0.25, 0.3) is 5.69 Å². The Morgan fingerprint density at radius 1 is 1.00 bits per heavy atom. The van der Waals surface area contributed by atoms with Crippen molar-refractivity contribution < 1.29 is 14.4 Å². The number of carbonyl (C=O) groups excluding carboxylic acids is 3. The van der Waals surface area contributed by atoms with Crippen LogP contribution in [0.1, 0.15) is 25.5 Å². The Labute approximate surface area is 226 Å². The molecule has 13 nitrogen and oxygen atoms in total. The zero-order chi connectivity index (χ0) is 26.9. The lowest BCUT2D eigenvalue weighted by Crippen LogP contribution is -2.59. The van der Waals surface area contributed by atoms with Crippen molar-refractivity contribution in [1.29, 1.82) is 0 Å². The van der Waals surface area contributed by atoms with Gasteiger partial charge in [-0.25, -0.2) is 9.59 Å². The van der Waals surface area contributed by atoms with Gasteiger partial charge in [-0.1, -0.05) is 12.1 Å². The number of anilines is 1. The molecule has 38 heavy (non-hydrogen) atoms. The number of rotatable bonds is 5. The molecule has 4 rings (SSSR count). The molecule has 1 atom stereocenters. The fourth-order valence-electron chi connectivity index (χ4n) is 4.25. The number of carbonyl (C=O) groups is 3. The van der Waals surface area contributed by atoms with Crippen LogP contribution >= 0.6 is 12.4 Å². The maximum atomic E-state index is 12.6. The van der Waals surface area contributed by atoms with Gasteiger partial charge in [-0.2, -0.15) is 4.98 Å². The number of benzene rings is 1. The molecule has 2 aromatic rings. The van der Waals surface area contributed by atoms with Gasteiger partial charge in [0, 0.05) is 51.5 Å². The Morgan fingerprint density at radius 2 is 1.58 bits per heavy atom. The van der Waals surface area contributed by atoms with Crippen molar-refractivity contribution in [3.05, 3.63) is 52.6 Å². The zero-order valence-corrected chi connectivity index (χ0v) is 22.2. The maximum Gasteiger partial charge on any atom is 0.354 e. The highest BCUT2D eigenvalue weighted by Crippen LogP contribution is 2.19. The normalized spacial score (nSPS) is 16.8. The smallest absolute Gasteiger partial charge is 0.338 e. The lowest BCUT2D eigenvalue weighted by molar-refractivity contribution is -0.137. The molecule has 0 bridgehead atoms. The number of urea groups is 1. The number of hydrogen-bond acceptors (Lipinski definition) is 8. The number of piperazine rings is 1. The van der Waals surface area contributed by atoms with Gasteiger partial charge in [0.2, 0.25) is 11.8 Å². The Kier molecular flexibility index (Phi) is 8.77. The first kappa shape index (κ1) is 29.0. The molecule has 14 heteroatoms. The second-order valence-electron chi connectivity index (χ2n) is 9.97. The molecule has 2 saturated heterocycles. The van der Waals surface area contributed by atoms with Gasteiger partial charge in [0.15, 0.2) is 0 Å². The predicted molar refractivity (Wildman–Crippen MR) is 144 cm³/mol. The molecular weight excluding hydrogens is 514 g/mol. The van der Waals surface area contributed by atoms with Crippen molar-refractivity contribution in [1.82, 2.24) is 24.3 Å². The molecule has 1 aromatic heterocycles. The Hall–Kier alpha value is -3.52. The highest BCUT2D eigenvalue weighted by molar-refractivity contribution is 5.89. The lowest BCUT2D eigenvalue weighted by atomic mass is 10.0. The molecule has 0 saturated carbocycles. The van der Waals surface area contributed by atoms with Crippen LogP contribution in [0.2, 0.25) is 0 Å². The molecule has 0 aliphatic carbocycles. The van der Waals surface area contributed by atoms with Gasteiger partial charge in [-0.05, 0) is 37.6 Å².